The average Bonchev–Trinajstić information content (AvgIpc) is 2.43. The summed E-state index contributed by atoms with van der Waals surface area (Å²) < 4.78 is 31.2. The highest BCUT2D eigenvalue weighted by molar-refractivity contribution is 7.98. The number of hydrogen-bond donors (Lipinski definition) is 0. The first-order chi connectivity index (χ1) is 8.97. The van der Waals surface area contributed by atoms with E-state index in [1.165, 1.54) is 11.4 Å². The van der Waals surface area contributed by atoms with Crippen molar-refractivity contribution in [2.24, 2.45) is 0 Å². The third kappa shape index (κ3) is 4.02. The zero-order chi connectivity index (χ0) is 14.5. The van der Waals surface area contributed by atoms with Crippen molar-refractivity contribution in [2.75, 3.05) is 32.7 Å². The Morgan fingerprint density at radius 3 is 2.63 bits per heavy atom. The van der Waals surface area contributed by atoms with Crippen LogP contribution < -0.4 is 4.74 Å². The lowest BCUT2D eigenvalue weighted by atomic mass is 10.2. The monoisotopic (exact) mass is 323 g/mol. The molecule has 0 N–H and O–H groups in total. The number of halogens is 1. The van der Waals surface area contributed by atoms with Gasteiger partial charge in [0.1, 0.15) is 5.75 Å². The summed E-state index contributed by atoms with van der Waals surface area (Å²) in [6.07, 6.45) is 1.94. The highest BCUT2D eigenvalue weighted by Gasteiger charge is 2.21. The summed E-state index contributed by atoms with van der Waals surface area (Å²) >= 11 is 7.41. The zero-order valence-corrected chi connectivity index (χ0v) is 13.6. The van der Waals surface area contributed by atoms with Crippen molar-refractivity contribution in [2.45, 2.75) is 10.8 Å². The molecule has 0 aromatic heterocycles. The Morgan fingerprint density at radius 2 is 2.11 bits per heavy atom. The van der Waals surface area contributed by atoms with E-state index in [4.69, 9.17) is 16.3 Å². The summed E-state index contributed by atoms with van der Waals surface area (Å²) in [7, 11) is -0.352. The molecule has 108 valence electrons. The van der Waals surface area contributed by atoms with Gasteiger partial charge in [0.25, 0.3) is 0 Å². The van der Waals surface area contributed by atoms with Crippen LogP contribution in [0.5, 0.6) is 5.75 Å². The number of sulfonamides is 1. The molecule has 0 aliphatic rings. The van der Waals surface area contributed by atoms with Gasteiger partial charge in [-0.15, -0.1) is 11.6 Å². The predicted octanol–water partition coefficient (Wildman–Crippen LogP) is 2.42. The molecule has 4 nitrogen and oxygen atoms in total. The lowest BCUT2D eigenvalue weighted by molar-refractivity contribution is 0.410. The lowest BCUT2D eigenvalue weighted by Crippen LogP contribution is -2.29. The van der Waals surface area contributed by atoms with E-state index in [0.717, 1.165) is 5.75 Å². The number of benzene rings is 1. The summed E-state index contributed by atoms with van der Waals surface area (Å²) in [5, 5.41) is 0. The van der Waals surface area contributed by atoms with E-state index in [0.29, 0.717) is 17.9 Å². The second-order valence-corrected chi connectivity index (χ2v) is 7.22. The fourth-order valence-corrected chi connectivity index (χ4v) is 3.54. The van der Waals surface area contributed by atoms with E-state index < -0.39 is 10.0 Å². The van der Waals surface area contributed by atoms with Crippen LogP contribution in [0.15, 0.2) is 23.1 Å². The third-order valence-electron chi connectivity index (χ3n) is 2.71. The molecule has 0 saturated carbocycles. The molecule has 0 spiro atoms. The molecule has 0 amide bonds. The summed E-state index contributed by atoms with van der Waals surface area (Å²) in [5.41, 5.74) is 0.670. The molecule has 0 unspecified atom stereocenters. The van der Waals surface area contributed by atoms with Gasteiger partial charge in [-0.1, -0.05) is 0 Å². The molecule has 0 fully saturated rings. The summed E-state index contributed by atoms with van der Waals surface area (Å²) in [4.78, 5) is 0.243. The molecular weight excluding hydrogens is 306 g/mol. The van der Waals surface area contributed by atoms with Crippen molar-refractivity contribution in [3.8, 4) is 5.75 Å². The Kier molecular flexibility index (Phi) is 6.46. The topological polar surface area (TPSA) is 46.6 Å². The molecule has 0 aliphatic heterocycles. The first-order valence-corrected chi connectivity index (χ1v) is 9.02. The molecule has 0 saturated heterocycles. The zero-order valence-electron chi connectivity index (χ0n) is 11.2. The standard InChI is InChI=1S/C12H18ClNO3S2/c1-14(6-7-18-3)19(15,16)11-4-5-12(17-2)10(8-11)9-13/h4-5,8H,6-7,9H2,1-3H3. The Bertz CT molecular complexity index is 520. The van der Waals surface area contributed by atoms with Gasteiger partial charge >= 0.3 is 0 Å². The van der Waals surface area contributed by atoms with Crippen LogP contribution in [-0.4, -0.2) is 45.4 Å². The molecule has 7 heteroatoms. The SMILES string of the molecule is COc1ccc(S(=O)(=O)N(C)CCSC)cc1CCl. The molecule has 1 aromatic rings. The van der Waals surface area contributed by atoms with Crippen molar-refractivity contribution in [1.82, 2.24) is 4.31 Å². The van der Waals surface area contributed by atoms with Gasteiger partial charge < -0.3 is 4.74 Å². The summed E-state index contributed by atoms with van der Waals surface area (Å²) in [5.74, 6) is 1.57. The van der Waals surface area contributed by atoms with Crippen LogP contribution >= 0.6 is 23.4 Å². The normalized spacial score (nSPS) is 11.8. The van der Waals surface area contributed by atoms with E-state index in [1.54, 1.807) is 37.0 Å². The molecule has 1 aromatic carbocycles. The van der Waals surface area contributed by atoms with Crippen LogP contribution in [0.4, 0.5) is 0 Å². The number of methoxy groups -OCH3 is 1. The van der Waals surface area contributed by atoms with Crippen molar-refractivity contribution in [3.63, 3.8) is 0 Å². The minimum absolute atomic E-state index is 0.209. The largest absolute Gasteiger partial charge is 0.496 e. The molecule has 19 heavy (non-hydrogen) atoms. The van der Waals surface area contributed by atoms with Gasteiger partial charge in [0, 0.05) is 24.9 Å². The van der Waals surface area contributed by atoms with E-state index in [9.17, 15) is 8.42 Å². The van der Waals surface area contributed by atoms with E-state index in [2.05, 4.69) is 0 Å². The highest BCUT2D eigenvalue weighted by Crippen LogP contribution is 2.25. The van der Waals surface area contributed by atoms with Gasteiger partial charge in [-0.3, -0.25) is 0 Å². The summed E-state index contributed by atoms with van der Waals surface area (Å²) in [6, 6.07) is 4.74. The number of hydrogen-bond acceptors (Lipinski definition) is 4. The van der Waals surface area contributed by atoms with Crippen LogP contribution in [0.25, 0.3) is 0 Å². The minimum atomic E-state index is -3.46. The first kappa shape index (κ1) is 16.6. The van der Waals surface area contributed by atoms with Gasteiger partial charge in [-0.25, -0.2) is 12.7 Å². The van der Waals surface area contributed by atoms with Gasteiger partial charge in [-0.2, -0.15) is 11.8 Å². The number of ether oxygens (including phenoxy) is 1. The van der Waals surface area contributed by atoms with E-state index in [-0.39, 0.29) is 10.8 Å². The Morgan fingerprint density at radius 1 is 1.42 bits per heavy atom. The van der Waals surface area contributed by atoms with Crippen LogP contribution in [0, 0.1) is 0 Å². The Labute approximate surface area is 124 Å². The third-order valence-corrected chi connectivity index (χ3v) is 5.45. The minimum Gasteiger partial charge on any atom is -0.496 e. The van der Waals surface area contributed by atoms with Gasteiger partial charge in [0.05, 0.1) is 17.9 Å². The quantitative estimate of drug-likeness (QED) is 0.723. The Balaban J connectivity index is 3.08. The van der Waals surface area contributed by atoms with E-state index >= 15 is 0 Å². The average molecular weight is 324 g/mol. The molecule has 0 bridgehead atoms. The number of alkyl halides is 1. The van der Waals surface area contributed by atoms with Crippen molar-refractivity contribution in [3.05, 3.63) is 23.8 Å². The molecule has 0 atom stereocenters. The fourth-order valence-electron chi connectivity index (χ4n) is 1.54. The fraction of sp³-hybridized carbons (Fsp3) is 0.500. The first-order valence-electron chi connectivity index (χ1n) is 5.65. The van der Waals surface area contributed by atoms with Crippen LogP contribution in [0.2, 0.25) is 0 Å². The van der Waals surface area contributed by atoms with Gasteiger partial charge in [0.2, 0.25) is 10.0 Å². The van der Waals surface area contributed by atoms with Gasteiger partial charge in [0.15, 0.2) is 0 Å². The second kappa shape index (κ2) is 7.38. The number of rotatable bonds is 7. The maximum atomic E-state index is 12.3. The van der Waals surface area contributed by atoms with Crippen molar-refractivity contribution < 1.29 is 13.2 Å². The number of thioether (sulfide) groups is 1. The van der Waals surface area contributed by atoms with Gasteiger partial charge in [-0.05, 0) is 24.5 Å². The maximum Gasteiger partial charge on any atom is 0.242 e. The van der Waals surface area contributed by atoms with E-state index in [1.807, 2.05) is 6.26 Å². The van der Waals surface area contributed by atoms with Crippen LogP contribution in [0.3, 0.4) is 0 Å². The van der Waals surface area contributed by atoms with Crippen molar-refractivity contribution in [1.29, 1.82) is 0 Å². The second-order valence-electron chi connectivity index (χ2n) is 3.93. The lowest BCUT2D eigenvalue weighted by Gasteiger charge is -2.17. The predicted molar refractivity (Wildman–Crippen MR) is 80.7 cm³/mol. The van der Waals surface area contributed by atoms with Crippen LogP contribution in [-0.2, 0) is 15.9 Å². The summed E-state index contributed by atoms with van der Waals surface area (Å²) in [6.45, 7) is 0.478. The molecule has 0 radical (unpaired) electrons. The van der Waals surface area contributed by atoms with Crippen LogP contribution in [0.1, 0.15) is 5.56 Å². The molecule has 0 aliphatic carbocycles. The molecular formula is C12H18ClNO3S2. The molecule has 0 heterocycles. The maximum absolute atomic E-state index is 12.3. The smallest absolute Gasteiger partial charge is 0.242 e. The highest BCUT2D eigenvalue weighted by atomic mass is 35.5. The number of nitrogens with zero attached hydrogens (tertiary/aromatic N) is 1. The molecule has 1 rings (SSSR count). The van der Waals surface area contributed by atoms with Crippen molar-refractivity contribution >= 4 is 33.4 Å². The Hall–Kier alpha value is -0.430.